The number of piperidine rings is 1. The van der Waals surface area contributed by atoms with E-state index in [0.29, 0.717) is 31.5 Å². The topological polar surface area (TPSA) is 53.0 Å². The number of likely N-dealkylation sites (tertiary alicyclic amines) is 2. The molecule has 2 aliphatic heterocycles. The fourth-order valence-electron chi connectivity index (χ4n) is 3.43. The molecule has 1 aromatic rings. The van der Waals surface area contributed by atoms with Gasteiger partial charge in [0.1, 0.15) is 12.4 Å². The molecule has 1 aromatic carbocycles. The van der Waals surface area contributed by atoms with Gasteiger partial charge in [0.15, 0.2) is 0 Å². The lowest BCUT2D eigenvalue weighted by Gasteiger charge is -2.32. The smallest absolute Gasteiger partial charge is 0.407 e. The molecule has 5 heteroatoms. The molecular formula is C16H22N2O3. The summed E-state index contributed by atoms with van der Waals surface area (Å²) in [6.45, 7) is 5.05. The standard InChI is InChI=1S/C16H22N2O3/c19-16(20)18-7-6-13-10-17(11-14(13)12-18)8-9-21-15-4-2-1-3-5-15/h1-5,13-14H,6-12H2,(H,19,20). The number of carboxylic acid groups (broad SMARTS) is 1. The lowest BCUT2D eigenvalue weighted by atomic mass is 9.89. The first kappa shape index (κ1) is 14.2. The van der Waals surface area contributed by atoms with Crippen LogP contribution in [0, 0.1) is 11.8 Å². The molecule has 0 aliphatic carbocycles. The minimum Gasteiger partial charge on any atom is -0.492 e. The Morgan fingerprint density at radius 3 is 2.71 bits per heavy atom. The van der Waals surface area contributed by atoms with Crippen LogP contribution in [0.3, 0.4) is 0 Å². The zero-order chi connectivity index (χ0) is 14.7. The molecule has 0 aromatic heterocycles. The maximum atomic E-state index is 11.0. The van der Waals surface area contributed by atoms with Crippen LogP contribution in [0.2, 0.25) is 0 Å². The van der Waals surface area contributed by atoms with Gasteiger partial charge in [-0.15, -0.1) is 0 Å². The van der Waals surface area contributed by atoms with Gasteiger partial charge < -0.3 is 14.7 Å². The number of ether oxygens (including phenoxy) is 1. The Labute approximate surface area is 125 Å². The van der Waals surface area contributed by atoms with Crippen LogP contribution in [-0.2, 0) is 0 Å². The van der Waals surface area contributed by atoms with Crippen LogP contribution in [0.5, 0.6) is 5.75 Å². The average Bonchev–Trinajstić information content (AvgIpc) is 2.90. The molecule has 5 nitrogen and oxygen atoms in total. The van der Waals surface area contributed by atoms with E-state index >= 15 is 0 Å². The molecule has 0 bridgehead atoms. The van der Waals surface area contributed by atoms with Crippen molar-refractivity contribution in [2.75, 3.05) is 39.3 Å². The number of carbonyl (C=O) groups is 1. The molecule has 114 valence electrons. The van der Waals surface area contributed by atoms with Gasteiger partial charge in [-0.05, 0) is 30.4 Å². The second-order valence-electron chi connectivity index (χ2n) is 5.96. The summed E-state index contributed by atoms with van der Waals surface area (Å²) in [7, 11) is 0. The van der Waals surface area contributed by atoms with Gasteiger partial charge in [0.2, 0.25) is 0 Å². The van der Waals surface area contributed by atoms with Crippen molar-refractivity contribution in [3.8, 4) is 5.75 Å². The van der Waals surface area contributed by atoms with Gasteiger partial charge in [0.25, 0.3) is 0 Å². The zero-order valence-corrected chi connectivity index (χ0v) is 12.1. The third-order valence-electron chi connectivity index (χ3n) is 4.57. The number of hydrogen-bond acceptors (Lipinski definition) is 3. The molecule has 1 N–H and O–H groups in total. The van der Waals surface area contributed by atoms with Crippen molar-refractivity contribution in [3.63, 3.8) is 0 Å². The molecule has 3 rings (SSSR count). The predicted octanol–water partition coefficient (Wildman–Crippen LogP) is 2.00. The molecular weight excluding hydrogens is 268 g/mol. The summed E-state index contributed by atoms with van der Waals surface area (Å²) in [4.78, 5) is 15.0. The normalized spacial score (nSPS) is 25.6. The highest BCUT2D eigenvalue weighted by molar-refractivity contribution is 5.65. The molecule has 2 fully saturated rings. The lowest BCUT2D eigenvalue weighted by Crippen LogP contribution is -2.42. The van der Waals surface area contributed by atoms with E-state index in [-0.39, 0.29) is 0 Å². The molecule has 0 spiro atoms. The molecule has 21 heavy (non-hydrogen) atoms. The molecule has 2 aliphatic rings. The van der Waals surface area contributed by atoms with Crippen LogP contribution in [0.15, 0.2) is 30.3 Å². The summed E-state index contributed by atoms with van der Waals surface area (Å²) in [5.41, 5.74) is 0. The molecule has 2 saturated heterocycles. The van der Waals surface area contributed by atoms with Crippen LogP contribution in [0.25, 0.3) is 0 Å². The van der Waals surface area contributed by atoms with E-state index in [1.54, 1.807) is 4.90 Å². The van der Waals surface area contributed by atoms with Crippen LogP contribution < -0.4 is 4.74 Å². The third kappa shape index (κ3) is 3.47. The van der Waals surface area contributed by atoms with E-state index in [1.807, 2.05) is 30.3 Å². The van der Waals surface area contributed by atoms with Gasteiger partial charge in [-0.3, -0.25) is 4.90 Å². The number of nitrogens with zero attached hydrogens (tertiary/aromatic N) is 2. The van der Waals surface area contributed by atoms with E-state index in [1.165, 1.54) is 0 Å². The van der Waals surface area contributed by atoms with Crippen LogP contribution in [0.1, 0.15) is 6.42 Å². The number of rotatable bonds is 4. The minimum atomic E-state index is -0.778. The van der Waals surface area contributed by atoms with Crippen molar-refractivity contribution < 1.29 is 14.6 Å². The Morgan fingerprint density at radius 1 is 1.19 bits per heavy atom. The summed E-state index contributed by atoms with van der Waals surface area (Å²) in [6, 6.07) is 9.86. The van der Waals surface area contributed by atoms with Crippen LogP contribution >= 0.6 is 0 Å². The van der Waals surface area contributed by atoms with Crippen molar-refractivity contribution in [3.05, 3.63) is 30.3 Å². The molecule has 1 amide bonds. The van der Waals surface area contributed by atoms with Gasteiger partial charge >= 0.3 is 6.09 Å². The lowest BCUT2D eigenvalue weighted by molar-refractivity contribution is 0.110. The fourth-order valence-corrected chi connectivity index (χ4v) is 3.43. The van der Waals surface area contributed by atoms with E-state index < -0.39 is 6.09 Å². The Bertz CT molecular complexity index is 480. The SMILES string of the molecule is O=C(O)N1CCC2CN(CCOc3ccccc3)CC2C1. The molecule has 0 saturated carbocycles. The van der Waals surface area contributed by atoms with Crippen molar-refractivity contribution in [1.82, 2.24) is 9.80 Å². The number of amides is 1. The number of para-hydroxylation sites is 1. The Hall–Kier alpha value is -1.75. The third-order valence-corrected chi connectivity index (χ3v) is 4.57. The summed E-state index contributed by atoms with van der Waals surface area (Å²) in [6.07, 6.45) is 0.215. The first-order valence-electron chi connectivity index (χ1n) is 7.60. The fraction of sp³-hybridized carbons (Fsp3) is 0.562. The molecule has 0 radical (unpaired) electrons. The highest BCUT2D eigenvalue weighted by Crippen LogP contribution is 2.30. The Kier molecular flexibility index (Phi) is 4.29. The van der Waals surface area contributed by atoms with E-state index in [2.05, 4.69) is 4.90 Å². The maximum Gasteiger partial charge on any atom is 0.407 e. The highest BCUT2D eigenvalue weighted by atomic mass is 16.5. The van der Waals surface area contributed by atoms with Crippen LogP contribution in [-0.4, -0.2) is 60.3 Å². The summed E-state index contributed by atoms with van der Waals surface area (Å²) in [5.74, 6) is 2.05. The van der Waals surface area contributed by atoms with Crippen molar-refractivity contribution in [1.29, 1.82) is 0 Å². The van der Waals surface area contributed by atoms with Crippen molar-refractivity contribution in [2.45, 2.75) is 6.42 Å². The first-order chi connectivity index (χ1) is 10.2. The summed E-state index contributed by atoms with van der Waals surface area (Å²) < 4.78 is 5.73. The number of hydrogen-bond donors (Lipinski definition) is 1. The summed E-state index contributed by atoms with van der Waals surface area (Å²) in [5, 5.41) is 9.08. The molecule has 2 atom stereocenters. The zero-order valence-electron chi connectivity index (χ0n) is 12.1. The van der Waals surface area contributed by atoms with Gasteiger partial charge in [-0.1, -0.05) is 18.2 Å². The van der Waals surface area contributed by atoms with Gasteiger partial charge in [0.05, 0.1) is 0 Å². The summed E-state index contributed by atoms with van der Waals surface area (Å²) >= 11 is 0. The van der Waals surface area contributed by atoms with Crippen molar-refractivity contribution >= 4 is 6.09 Å². The molecule has 2 unspecified atom stereocenters. The predicted molar refractivity (Wildman–Crippen MR) is 79.6 cm³/mol. The number of fused-ring (bicyclic) bond motifs is 1. The van der Waals surface area contributed by atoms with Gasteiger partial charge in [-0.2, -0.15) is 0 Å². The highest BCUT2D eigenvalue weighted by Gasteiger charge is 2.37. The second-order valence-corrected chi connectivity index (χ2v) is 5.96. The minimum absolute atomic E-state index is 0.492. The van der Waals surface area contributed by atoms with E-state index in [4.69, 9.17) is 9.84 Å². The maximum absolute atomic E-state index is 11.0. The quantitative estimate of drug-likeness (QED) is 0.921. The Morgan fingerprint density at radius 2 is 1.95 bits per heavy atom. The van der Waals surface area contributed by atoms with E-state index in [0.717, 1.165) is 31.8 Å². The number of benzene rings is 1. The Balaban J connectivity index is 1.44. The van der Waals surface area contributed by atoms with E-state index in [9.17, 15) is 4.79 Å². The average molecular weight is 290 g/mol. The van der Waals surface area contributed by atoms with Crippen LogP contribution in [0.4, 0.5) is 4.79 Å². The van der Waals surface area contributed by atoms with Gasteiger partial charge in [0, 0.05) is 32.7 Å². The first-order valence-corrected chi connectivity index (χ1v) is 7.60. The van der Waals surface area contributed by atoms with Gasteiger partial charge in [-0.25, -0.2) is 4.79 Å². The molecule has 2 heterocycles. The second kappa shape index (κ2) is 6.35. The van der Waals surface area contributed by atoms with Crippen molar-refractivity contribution in [2.24, 2.45) is 11.8 Å². The largest absolute Gasteiger partial charge is 0.492 e. The monoisotopic (exact) mass is 290 g/mol.